The summed E-state index contributed by atoms with van der Waals surface area (Å²) in [5.74, 6) is -0.865. The highest BCUT2D eigenvalue weighted by Crippen LogP contribution is 2.55. The predicted molar refractivity (Wildman–Crippen MR) is 97.0 cm³/mol. The van der Waals surface area contributed by atoms with Crippen LogP contribution in [0, 0.1) is 5.92 Å². The molecule has 150 valence electrons. The Morgan fingerprint density at radius 2 is 1.96 bits per heavy atom. The van der Waals surface area contributed by atoms with Crippen LogP contribution in [0.3, 0.4) is 0 Å². The normalized spacial score (nSPS) is 36.4. The van der Waals surface area contributed by atoms with Crippen LogP contribution in [-0.2, 0) is 35.1 Å². The summed E-state index contributed by atoms with van der Waals surface area (Å²) in [4.78, 5) is 12.1. The quantitative estimate of drug-likeness (QED) is 0.728. The second-order valence-electron chi connectivity index (χ2n) is 7.86. The summed E-state index contributed by atoms with van der Waals surface area (Å²) in [5.41, 5.74) is 0.0429. The Bertz CT molecular complexity index is 808. The summed E-state index contributed by atoms with van der Waals surface area (Å²) in [6.07, 6.45) is 5.02. The Morgan fingerprint density at radius 1 is 1.15 bits per heavy atom. The van der Waals surface area contributed by atoms with Gasteiger partial charge in [-0.3, -0.25) is 0 Å². The third kappa shape index (κ3) is 2.94. The highest BCUT2D eigenvalue weighted by atomic mass is 32.2. The van der Waals surface area contributed by atoms with Crippen LogP contribution in [0.5, 0.6) is 0 Å². The molecular weight excluding hydrogens is 370 g/mol. The first-order chi connectivity index (χ1) is 12.8. The van der Waals surface area contributed by atoms with Gasteiger partial charge in [-0.2, -0.15) is 4.89 Å². The van der Waals surface area contributed by atoms with E-state index in [1.807, 2.05) is 6.07 Å². The summed E-state index contributed by atoms with van der Waals surface area (Å²) >= 11 is 0. The maximum Gasteiger partial charge on any atom is 0.242 e. The molecule has 1 saturated carbocycles. The van der Waals surface area contributed by atoms with Gasteiger partial charge in [0.05, 0.1) is 4.90 Å². The number of fused-ring (bicyclic) bond motifs is 3. The summed E-state index contributed by atoms with van der Waals surface area (Å²) in [6.45, 7) is 0. The fourth-order valence-electron chi connectivity index (χ4n) is 4.60. The second-order valence-corrected chi connectivity index (χ2v) is 10.0. The molecule has 5 rings (SSSR count). The van der Waals surface area contributed by atoms with Gasteiger partial charge in [-0.1, -0.05) is 25.0 Å². The van der Waals surface area contributed by atoms with Crippen molar-refractivity contribution in [3.63, 3.8) is 0 Å². The summed E-state index contributed by atoms with van der Waals surface area (Å²) < 4.78 is 38.3. The van der Waals surface area contributed by atoms with Gasteiger partial charge in [0.1, 0.15) is 0 Å². The van der Waals surface area contributed by atoms with E-state index in [-0.39, 0.29) is 4.90 Å². The van der Waals surface area contributed by atoms with Crippen LogP contribution in [0.15, 0.2) is 29.2 Å². The van der Waals surface area contributed by atoms with E-state index in [0.29, 0.717) is 17.9 Å². The van der Waals surface area contributed by atoms with E-state index in [4.69, 9.17) is 19.2 Å². The van der Waals surface area contributed by atoms with Crippen LogP contribution in [0.25, 0.3) is 0 Å². The van der Waals surface area contributed by atoms with Crippen molar-refractivity contribution >= 4 is 10.0 Å². The summed E-state index contributed by atoms with van der Waals surface area (Å²) in [5, 5.41) is 0. The molecule has 1 aromatic rings. The van der Waals surface area contributed by atoms with Gasteiger partial charge < -0.3 is 9.47 Å². The van der Waals surface area contributed by atoms with Gasteiger partial charge in [-0.05, 0) is 37.3 Å². The van der Waals surface area contributed by atoms with Gasteiger partial charge in [0.15, 0.2) is 11.9 Å². The van der Waals surface area contributed by atoms with Crippen molar-refractivity contribution < 1.29 is 27.7 Å². The Labute approximate surface area is 160 Å². The Kier molecular flexibility index (Phi) is 4.85. The third-order valence-corrected chi connectivity index (χ3v) is 7.99. The maximum absolute atomic E-state index is 12.6. The van der Waals surface area contributed by atoms with E-state index in [1.165, 1.54) is 18.4 Å². The topological polar surface area (TPSA) is 74.3 Å². The van der Waals surface area contributed by atoms with E-state index in [2.05, 4.69) is 0 Å². The number of rotatable bonds is 4. The van der Waals surface area contributed by atoms with Gasteiger partial charge in [-0.15, -0.1) is 0 Å². The van der Waals surface area contributed by atoms with E-state index in [0.717, 1.165) is 32.1 Å². The molecular formula is C19H27NO6S. The van der Waals surface area contributed by atoms with Gasteiger partial charge in [-0.25, -0.2) is 17.6 Å². The van der Waals surface area contributed by atoms with Gasteiger partial charge in [0, 0.05) is 33.2 Å². The standard InChI is InChI=1S/C19H27NO6S/c1-20(2)27(21,22)16-9-6-8-15(13-16)19-12-10-14-7-4-5-11-18(14,25-26-19)17(23-3)24-19/h6,8-9,13-14,17H,4-5,7,10-12H2,1-3H3/t14-,17-,18+,19+/m1/s1. The second kappa shape index (κ2) is 6.79. The molecule has 8 heteroatoms. The highest BCUT2D eigenvalue weighted by Gasteiger charge is 2.61. The maximum atomic E-state index is 12.6. The van der Waals surface area contributed by atoms with E-state index in [1.54, 1.807) is 25.3 Å². The molecule has 27 heavy (non-hydrogen) atoms. The van der Waals surface area contributed by atoms with Crippen molar-refractivity contribution in [1.82, 2.24) is 4.31 Å². The lowest BCUT2D eigenvalue weighted by Gasteiger charge is -2.49. The molecule has 0 radical (unpaired) electrons. The number of benzene rings is 1. The molecule has 0 N–H and O–H groups in total. The summed E-state index contributed by atoms with van der Waals surface area (Å²) in [6, 6.07) is 6.71. The third-order valence-electron chi connectivity index (χ3n) is 6.18. The fraction of sp³-hybridized carbons (Fsp3) is 0.684. The first kappa shape index (κ1) is 19.3. The van der Waals surface area contributed by atoms with Crippen LogP contribution in [0.4, 0.5) is 0 Å². The van der Waals surface area contributed by atoms with E-state index in [9.17, 15) is 8.42 Å². The molecule has 2 bridgehead atoms. The Morgan fingerprint density at radius 3 is 2.70 bits per heavy atom. The monoisotopic (exact) mass is 397 g/mol. The number of sulfonamides is 1. The van der Waals surface area contributed by atoms with Crippen molar-refractivity contribution in [3.8, 4) is 0 Å². The minimum absolute atomic E-state index is 0.197. The van der Waals surface area contributed by atoms with Crippen LogP contribution in [0.2, 0.25) is 0 Å². The van der Waals surface area contributed by atoms with Crippen molar-refractivity contribution in [3.05, 3.63) is 29.8 Å². The van der Waals surface area contributed by atoms with E-state index < -0.39 is 27.7 Å². The average molecular weight is 397 g/mol. The molecule has 1 spiro atoms. The number of hydrogen-bond acceptors (Lipinski definition) is 6. The lowest BCUT2D eigenvalue weighted by Crippen LogP contribution is -2.59. The SMILES string of the molecule is CO[C@@H]1O[C@@]2(c3cccc(S(=O)(=O)N(C)C)c3)CC[C@H]3CCCC[C@]31OO2. The van der Waals surface area contributed by atoms with E-state index >= 15 is 0 Å². The molecule has 0 unspecified atom stereocenters. The molecule has 7 nitrogen and oxygen atoms in total. The predicted octanol–water partition coefficient (Wildman–Crippen LogP) is 2.76. The molecule has 1 aromatic carbocycles. The Balaban J connectivity index is 1.74. The highest BCUT2D eigenvalue weighted by molar-refractivity contribution is 7.89. The lowest BCUT2D eigenvalue weighted by atomic mass is 9.73. The largest absolute Gasteiger partial charge is 0.353 e. The van der Waals surface area contributed by atoms with Gasteiger partial charge in [0.2, 0.25) is 15.8 Å². The zero-order valence-electron chi connectivity index (χ0n) is 16.0. The zero-order valence-corrected chi connectivity index (χ0v) is 16.8. The first-order valence-corrected chi connectivity index (χ1v) is 10.9. The molecule has 0 aromatic heterocycles. The average Bonchev–Trinajstić information content (AvgIpc) is 2.94. The van der Waals surface area contributed by atoms with Crippen molar-refractivity contribution in [2.45, 2.75) is 61.1 Å². The molecule has 4 atom stereocenters. The number of nitrogens with zero attached hydrogens (tertiary/aromatic N) is 1. The van der Waals surface area contributed by atoms with Crippen LogP contribution >= 0.6 is 0 Å². The molecule has 0 amide bonds. The minimum atomic E-state index is -3.56. The smallest absolute Gasteiger partial charge is 0.242 e. The molecule has 1 aliphatic carbocycles. The minimum Gasteiger partial charge on any atom is -0.353 e. The van der Waals surface area contributed by atoms with Crippen molar-refractivity contribution in [2.24, 2.45) is 5.92 Å². The molecule has 3 heterocycles. The van der Waals surface area contributed by atoms with Crippen molar-refractivity contribution in [2.75, 3.05) is 21.2 Å². The van der Waals surface area contributed by atoms with Crippen molar-refractivity contribution in [1.29, 1.82) is 0 Å². The number of hydrogen-bond donors (Lipinski definition) is 0. The van der Waals surface area contributed by atoms with Crippen LogP contribution in [-0.4, -0.2) is 45.8 Å². The summed E-state index contributed by atoms with van der Waals surface area (Å²) in [7, 11) is 1.08. The number of methoxy groups -OCH3 is 1. The molecule has 3 aliphatic heterocycles. The zero-order chi connectivity index (χ0) is 19.3. The Hall–Kier alpha value is -1.03. The lowest BCUT2D eigenvalue weighted by molar-refractivity contribution is -0.558. The number of ether oxygens (including phenoxy) is 2. The molecule has 3 saturated heterocycles. The van der Waals surface area contributed by atoms with Crippen LogP contribution < -0.4 is 0 Å². The molecule has 4 fully saturated rings. The van der Waals surface area contributed by atoms with Gasteiger partial charge in [0.25, 0.3) is 0 Å². The molecule has 4 aliphatic rings. The fourth-order valence-corrected chi connectivity index (χ4v) is 5.55. The van der Waals surface area contributed by atoms with Crippen LogP contribution in [0.1, 0.15) is 44.1 Å². The van der Waals surface area contributed by atoms with Gasteiger partial charge >= 0.3 is 0 Å². The first-order valence-electron chi connectivity index (χ1n) is 9.45.